The number of halogens is 2. The number of pyridine rings is 1. The van der Waals surface area contributed by atoms with E-state index >= 15 is 0 Å². The van der Waals surface area contributed by atoms with E-state index in [1.54, 1.807) is 33.8 Å². The molecule has 0 bridgehead atoms. The molecule has 156 valence electrons. The van der Waals surface area contributed by atoms with Crippen molar-refractivity contribution in [2.75, 3.05) is 22.5 Å². The predicted octanol–water partition coefficient (Wildman–Crippen LogP) is 3.75. The van der Waals surface area contributed by atoms with Gasteiger partial charge in [0, 0.05) is 18.4 Å². The Morgan fingerprint density at radius 1 is 1.20 bits per heavy atom. The van der Waals surface area contributed by atoms with Gasteiger partial charge in [0.1, 0.15) is 5.82 Å². The zero-order chi connectivity index (χ0) is 20.7. The van der Waals surface area contributed by atoms with Crippen LogP contribution in [0.2, 0.25) is 10.0 Å². The molecule has 0 spiro atoms. The van der Waals surface area contributed by atoms with Gasteiger partial charge < -0.3 is 16.0 Å². The van der Waals surface area contributed by atoms with Gasteiger partial charge in [0.25, 0.3) is 11.8 Å². The minimum Gasteiger partial charge on any atom is -0.384 e. The Kier molecular flexibility index (Phi) is 6.25. The van der Waals surface area contributed by atoms with Crippen LogP contribution in [-0.2, 0) is 0 Å². The van der Waals surface area contributed by atoms with E-state index in [1.807, 2.05) is 6.92 Å². The normalized spacial score (nSPS) is 15.4. The van der Waals surface area contributed by atoms with Crippen molar-refractivity contribution in [1.82, 2.24) is 14.8 Å². The second-order valence-corrected chi connectivity index (χ2v) is 7.45. The molecule has 1 aliphatic heterocycles. The third-order valence-corrected chi connectivity index (χ3v) is 5.36. The number of amides is 2. The van der Waals surface area contributed by atoms with Crippen LogP contribution >= 0.6 is 36.7 Å². The Balaban J connectivity index is 0.00000256. The van der Waals surface area contributed by atoms with E-state index in [2.05, 4.69) is 15.4 Å². The minimum absolute atomic E-state index is 0. The van der Waals surface area contributed by atoms with Crippen LogP contribution in [0.1, 0.15) is 33.8 Å². The lowest BCUT2D eigenvalue weighted by atomic mass is 10.1. The first kappa shape index (κ1) is 21.9. The zero-order valence-corrected chi connectivity index (χ0v) is 18.3. The maximum Gasteiger partial charge on any atom is 0.278 e. The molecular weight excluding hydrogens is 447 g/mol. The van der Waals surface area contributed by atoms with Gasteiger partial charge in [-0.1, -0.05) is 23.2 Å². The van der Waals surface area contributed by atoms with Crippen molar-refractivity contribution in [2.45, 2.75) is 13.0 Å². The van der Waals surface area contributed by atoms with Crippen LogP contribution < -0.4 is 16.0 Å². The van der Waals surface area contributed by atoms with Crippen molar-refractivity contribution in [3.63, 3.8) is 0 Å². The van der Waals surface area contributed by atoms with Crippen molar-refractivity contribution < 1.29 is 9.59 Å². The van der Waals surface area contributed by atoms with Gasteiger partial charge in [-0.2, -0.15) is 18.6 Å². The highest BCUT2D eigenvalue weighted by Gasteiger charge is 2.34. The number of anilines is 3. The highest BCUT2D eigenvalue weighted by Crippen LogP contribution is 2.33. The van der Waals surface area contributed by atoms with E-state index in [-0.39, 0.29) is 31.1 Å². The number of rotatable bonds is 3. The first-order valence-electron chi connectivity index (χ1n) is 8.72. The highest BCUT2D eigenvalue weighted by atomic mass is 35.5. The molecule has 3 N–H and O–H groups in total. The average molecular weight is 465 g/mol. The molecule has 1 aromatic carbocycles. The summed E-state index contributed by atoms with van der Waals surface area (Å²) in [7, 11) is 0. The van der Waals surface area contributed by atoms with Gasteiger partial charge >= 0.3 is 0 Å². The van der Waals surface area contributed by atoms with E-state index < -0.39 is 5.91 Å². The lowest BCUT2D eigenvalue weighted by Gasteiger charge is -2.32. The Bertz CT molecular complexity index is 1120. The summed E-state index contributed by atoms with van der Waals surface area (Å²) >= 11 is 12.1. The Labute approximate surface area is 189 Å². The smallest absolute Gasteiger partial charge is 0.278 e. The van der Waals surface area contributed by atoms with E-state index in [4.69, 9.17) is 28.9 Å². The number of nitrogens with two attached hydrogens (primary N) is 1. The number of nitrogens with one attached hydrogen (secondary N) is 1. The van der Waals surface area contributed by atoms with Gasteiger partial charge in [-0.3, -0.25) is 14.3 Å². The van der Waals surface area contributed by atoms with Crippen LogP contribution in [0.4, 0.5) is 17.2 Å². The van der Waals surface area contributed by atoms with Gasteiger partial charge in [0.15, 0.2) is 5.69 Å². The predicted molar refractivity (Wildman–Crippen MR) is 122 cm³/mol. The largest absolute Gasteiger partial charge is 0.384 e. The topological polar surface area (TPSA) is 106 Å². The Morgan fingerprint density at radius 3 is 2.63 bits per heavy atom. The van der Waals surface area contributed by atoms with Crippen LogP contribution in [0.3, 0.4) is 0 Å². The van der Waals surface area contributed by atoms with E-state index in [1.165, 1.54) is 18.5 Å². The standard InChI is InChI=1S/C19H16Cl2N6O2.H2S/c1-10-9-26(12-3-4-13(20)14(21)6-12)19(29)17-15(8-24-27(10)17)25-18(28)11-2-5-16(22)23-7-11;/h2-8,10H,9H2,1H3,(H2,22,23)(H,25,28);1H2/t10-;/m0./s1. The molecule has 0 unspecified atom stereocenters. The van der Waals surface area contributed by atoms with Gasteiger partial charge in [-0.05, 0) is 37.3 Å². The van der Waals surface area contributed by atoms with E-state index in [0.717, 1.165) is 0 Å². The zero-order valence-electron chi connectivity index (χ0n) is 15.8. The van der Waals surface area contributed by atoms with Crippen LogP contribution in [0, 0.1) is 0 Å². The van der Waals surface area contributed by atoms with Gasteiger partial charge in [0.05, 0.1) is 33.5 Å². The maximum absolute atomic E-state index is 13.2. The second-order valence-electron chi connectivity index (χ2n) is 6.64. The molecule has 0 saturated heterocycles. The van der Waals surface area contributed by atoms with Crippen LogP contribution in [0.5, 0.6) is 0 Å². The first-order valence-corrected chi connectivity index (χ1v) is 9.48. The second kappa shape index (κ2) is 8.55. The van der Waals surface area contributed by atoms with Gasteiger partial charge in [-0.25, -0.2) is 4.98 Å². The van der Waals surface area contributed by atoms with Gasteiger partial charge in [-0.15, -0.1) is 0 Å². The molecule has 3 aromatic rings. The molecule has 4 rings (SSSR count). The fraction of sp³-hybridized carbons (Fsp3) is 0.158. The Morgan fingerprint density at radius 2 is 1.97 bits per heavy atom. The molecular formula is C19H18Cl2N6O2S. The number of hydrogen-bond donors (Lipinski definition) is 2. The van der Waals surface area contributed by atoms with Crippen molar-refractivity contribution in [1.29, 1.82) is 0 Å². The summed E-state index contributed by atoms with van der Waals surface area (Å²) in [5.41, 5.74) is 7.08. The number of aromatic nitrogens is 3. The van der Waals surface area contributed by atoms with E-state index in [0.29, 0.717) is 39.3 Å². The van der Waals surface area contributed by atoms with Crippen LogP contribution in [-0.4, -0.2) is 33.1 Å². The number of hydrogen-bond acceptors (Lipinski definition) is 5. The van der Waals surface area contributed by atoms with Gasteiger partial charge in [0.2, 0.25) is 0 Å². The molecule has 30 heavy (non-hydrogen) atoms. The van der Waals surface area contributed by atoms with Crippen molar-refractivity contribution in [3.8, 4) is 0 Å². The van der Waals surface area contributed by atoms with Crippen molar-refractivity contribution in [2.24, 2.45) is 0 Å². The third-order valence-electron chi connectivity index (χ3n) is 4.62. The number of nitrogen functional groups attached to an aromatic ring is 1. The summed E-state index contributed by atoms with van der Waals surface area (Å²) in [6, 6.07) is 7.98. The fourth-order valence-electron chi connectivity index (χ4n) is 3.16. The molecule has 1 atom stereocenters. The number of carbonyl (C=O) groups excluding carboxylic acids is 2. The maximum atomic E-state index is 13.2. The molecule has 2 amide bonds. The fourth-order valence-corrected chi connectivity index (χ4v) is 3.46. The molecule has 8 nitrogen and oxygen atoms in total. The quantitative estimate of drug-likeness (QED) is 0.613. The lowest BCUT2D eigenvalue weighted by Crippen LogP contribution is -2.43. The lowest BCUT2D eigenvalue weighted by molar-refractivity contribution is 0.0954. The molecule has 0 fully saturated rings. The summed E-state index contributed by atoms with van der Waals surface area (Å²) in [5.74, 6) is -0.407. The number of carbonyl (C=O) groups is 2. The van der Waals surface area contributed by atoms with Crippen LogP contribution in [0.25, 0.3) is 0 Å². The summed E-state index contributed by atoms with van der Waals surface area (Å²) in [5, 5.41) is 7.77. The van der Waals surface area contributed by atoms with Crippen molar-refractivity contribution in [3.05, 3.63) is 64.0 Å². The molecule has 1 aliphatic rings. The molecule has 0 radical (unpaired) electrons. The monoisotopic (exact) mass is 464 g/mol. The number of nitrogens with zero attached hydrogens (tertiary/aromatic N) is 4. The molecule has 0 aliphatic carbocycles. The molecule has 3 heterocycles. The summed E-state index contributed by atoms with van der Waals surface area (Å²) in [4.78, 5) is 31.3. The first-order chi connectivity index (χ1) is 13.8. The Hall–Kier alpha value is -2.75. The minimum atomic E-state index is -0.416. The summed E-state index contributed by atoms with van der Waals surface area (Å²) in [6.45, 7) is 2.34. The highest BCUT2D eigenvalue weighted by molar-refractivity contribution is 7.59. The SMILES string of the molecule is C[C@H]1CN(c2ccc(Cl)c(Cl)c2)C(=O)c2c(NC(=O)c3ccc(N)nc3)cnn21.S. The molecule has 11 heteroatoms. The number of fused-ring (bicyclic) bond motifs is 1. The average Bonchev–Trinajstić information content (AvgIpc) is 3.12. The third kappa shape index (κ3) is 3.96. The molecule has 2 aromatic heterocycles. The molecule has 0 saturated carbocycles. The summed E-state index contributed by atoms with van der Waals surface area (Å²) in [6.07, 6.45) is 2.83. The number of benzene rings is 1. The van der Waals surface area contributed by atoms with E-state index in [9.17, 15) is 9.59 Å². The van der Waals surface area contributed by atoms with Crippen LogP contribution in [0.15, 0.2) is 42.7 Å². The summed E-state index contributed by atoms with van der Waals surface area (Å²) < 4.78 is 1.60. The van der Waals surface area contributed by atoms with Crippen molar-refractivity contribution >= 4 is 65.7 Å².